The zero-order valence-corrected chi connectivity index (χ0v) is 17.3. The average Bonchev–Trinajstić information content (AvgIpc) is 3.56. The van der Waals surface area contributed by atoms with E-state index in [4.69, 9.17) is 17.3 Å². The van der Waals surface area contributed by atoms with E-state index in [1.54, 1.807) is 11.0 Å². The summed E-state index contributed by atoms with van der Waals surface area (Å²) >= 11 is 6.17. The topological polar surface area (TPSA) is 63.4 Å². The summed E-state index contributed by atoms with van der Waals surface area (Å²) in [6, 6.07) is 25.5. The fourth-order valence-corrected chi connectivity index (χ4v) is 4.24. The van der Waals surface area contributed by atoms with Crippen LogP contribution in [0.25, 0.3) is 0 Å². The van der Waals surface area contributed by atoms with Crippen molar-refractivity contribution in [2.45, 2.75) is 30.8 Å². The minimum atomic E-state index is -0.862. The summed E-state index contributed by atoms with van der Waals surface area (Å²) in [5, 5.41) is 0.583. The number of halogens is 1. The van der Waals surface area contributed by atoms with Crippen molar-refractivity contribution in [2.75, 3.05) is 0 Å². The summed E-state index contributed by atoms with van der Waals surface area (Å²) in [6.45, 7) is 0.247. The second-order valence-electron chi connectivity index (χ2n) is 7.73. The summed E-state index contributed by atoms with van der Waals surface area (Å²) in [5.41, 5.74) is 7.75. The van der Waals surface area contributed by atoms with Gasteiger partial charge in [0.05, 0.1) is 5.41 Å². The van der Waals surface area contributed by atoms with Crippen LogP contribution in [0.1, 0.15) is 35.6 Å². The normalized spacial score (nSPS) is 15.2. The molecule has 0 aromatic heterocycles. The predicted octanol–water partition coefficient (Wildman–Crippen LogP) is 4.63. The number of rotatable bonds is 7. The lowest BCUT2D eigenvalue weighted by Crippen LogP contribution is -2.45. The molecule has 0 bridgehead atoms. The Hall–Kier alpha value is -3.11. The second-order valence-corrected chi connectivity index (χ2v) is 8.16. The van der Waals surface area contributed by atoms with Gasteiger partial charge in [0.15, 0.2) is 0 Å². The van der Waals surface area contributed by atoms with Crippen LogP contribution in [0.3, 0.4) is 0 Å². The van der Waals surface area contributed by atoms with Gasteiger partial charge in [-0.2, -0.15) is 0 Å². The molecule has 1 aliphatic carbocycles. The highest BCUT2D eigenvalue weighted by Crippen LogP contribution is 2.50. The van der Waals surface area contributed by atoms with E-state index in [1.807, 2.05) is 78.9 Å². The van der Waals surface area contributed by atoms with E-state index in [9.17, 15) is 9.59 Å². The number of hydrogen-bond donors (Lipinski definition) is 1. The van der Waals surface area contributed by atoms with Crippen molar-refractivity contribution >= 4 is 23.4 Å². The lowest BCUT2D eigenvalue weighted by Gasteiger charge is -2.33. The molecule has 3 aromatic carbocycles. The van der Waals surface area contributed by atoms with E-state index in [2.05, 4.69) is 0 Å². The summed E-state index contributed by atoms with van der Waals surface area (Å²) in [6.07, 6.45) is 1.50. The zero-order chi connectivity index (χ0) is 21.1. The van der Waals surface area contributed by atoms with Crippen molar-refractivity contribution in [2.24, 2.45) is 5.73 Å². The molecule has 1 saturated carbocycles. The fourth-order valence-electron chi connectivity index (χ4n) is 4.03. The van der Waals surface area contributed by atoms with Crippen molar-refractivity contribution in [3.63, 3.8) is 0 Å². The molecule has 4 rings (SSSR count). The number of hydrogen-bond acceptors (Lipinski definition) is 2. The van der Waals surface area contributed by atoms with Crippen molar-refractivity contribution in [1.82, 2.24) is 4.90 Å². The van der Waals surface area contributed by atoms with Crippen LogP contribution in [0.4, 0.5) is 0 Å². The monoisotopic (exact) mass is 418 g/mol. The van der Waals surface area contributed by atoms with Crippen LogP contribution < -0.4 is 5.73 Å². The number of amides is 2. The Bertz CT molecular complexity index is 1050. The Morgan fingerprint density at radius 1 is 0.933 bits per heavy atom. The number of primary amides is 1. The zero-order valence-electron chi connectivity index (χ0n) is 16.5. The molecule has 152 valence electrons. The molecule has 0 saturated heterocycles. The van der Waals surface area contributed by atoms with Gasteiger partial charge in [-0.15, -0.1) is 0 Å². The molecular formula is C25H23ClN2O2. The first-order valence-electron chi connectivity index (χ1n) is 9.96. The molecule has 1 atom stereocenters. The van der Waals surface area contributed by atoms with Crippen LogP contribution in [-0.2, 0) is 21.5 Å². The van der Waals surface area contributed by atoms with Crippen LogP contribution in [0.2, 0.25) is 5.02 Å². The first-order valence-corrected chi connectivity index (χ1v) is 10.3. The van der Waals surface area contributed by atoms with E-state index in [-0.39, 0.29) is 12.5 Å². The molecule has 30 heavy (non-hydrogen) atoms. The van der Waals surface area contributed by atoms with Gasteiger partial charge in [-0.05, 0) is 41.7 Å². The third-order valence-electron chi connectivity index (χ3n) is 5.69. The number of carbonyl (C=O) groups is 2. The van der Waals surface area contributed by atoms with Gasteiger partial charge >= 0.3 is 0 Å². The second kappa shape index (κ2) is 8.33. The van der Waals surface area contributed by atoms with Crippen LogP contribution >= 0.6 is 11.6 Å². The van der Waals surface area contributed by atoms with Gasteiger partial charge in [0.25, 0.3) is 0 Å². The van der Waals surface area contributed by atoms with Gasteiger partial charge in [-0.25, -0.2) is 0 Å². The van der Waals surface area contributed by atoms with Gasteiger partial charge in [-0.3, -0.25) is 9.59 Å². The molecule has 1 aliphatic rings. The number of nitrogens with two attached hydrogens (primary N) is 1. The van der Waals surface area contributed by atoms with Gasteiger partial charge in [0, 0.05) is 11.6 Å². The summed E-state index contributed by atoms with van der Waals surface area (Å²) in [7, 11) is 0. The molecule has 5 heteroatoms. The van der Waals surface area contributed by atoms with E-state index >= 15 is 0 Å². The number of benzene rings is 3. The smallest absolute Gasteiger partial charge is 0.244 e. The quantitative estimate of drug-likeness (QED) is 0.608. The summed E-state index contributed by atoms with van der Waals surface area (Å²) in [5.74, 6) is -0.637. The minimum Gasteiger partial charge on any atom is -0.368 e. The van der Waals surface area contributed by atoms with Crippen LogP contribution in [-0.4, -0.2) is 16.7 Å². The molecular weight excluding hydrogens is 396 g/mol. The Kier molecular flexibility index (Phi) is 5.60. The first-order chi connectivity index (χ1) is 14.5. The predicted molar refractivity (Wildman–Crippen MR) is 118 cm³/mol. The molecule has 2 N–H and O–H groups in total. The molecule has 0 unspecified atom stereocenters. The van der Waals surface area contributed by atoms with Gasteiger partial charge in [0.1, 0.15) is 6.04 Å². The van der Waals surface area contributed by atoms with Crippen molar-refractivity contribution in [1.29, 1.82) is 0 Å². The average molecular weight is 419 g/mol. The Balaban J connectivity index is 1.77. The van der Waals surface area contributed by atoms with Crippen molar-refractivity contribution in [3.8, 4) is 0 Å². The standard InChI is InChI=1S/C25H23ClN2O2/c26-21-13-7-8-18(16-21)17-28(22(23(27)29)19-9-3-1-4-10-19)24(30)25(14-15-25)20-11-5-2-6-12-20/h1-13,16,22H,14-15,17H2,(H2,27,29)/t22-/m1/s1. The maximum atomic E-state index is 13.9. The van der Waals surface area contributed by atoms with Gasteiger partial charge in [0.2, 0.25) is 11.8 Å². The Morgan fingerprint density at radius 2 is 1.57 bits per heavy atom. The first kappa shape index (κ1) is 20.2. The van der Waals surface area contributed by atoms with Gasteiger partial charge < -0.3 is 10.6 Å². The maximum absolute atomic E-state index is 13.9. The Labute approximate surface area is 181 Å². The van der Waals surface area contributed by atoms with Crippen LogP contribution in [0, 0.1) is 0 Å². The highest BCUT2D eigenvalue weighted by atomic mass is 35.5. The molecule has 0 heterocycles. The highest BCUT2D eigenvalue weighted by Gasteiger charge is 2.54. The van der Waals surface area contributed by atoms with E-state index in [0.29, 0.717) is 10.6 Å². The third kappa shape index (κ3) is 3.96. The third-order valence-corrected chi connectivity index (χ3v) is 5.92. The van der Waals surface area contributed by atoms with Crippen LogP contribution in [0.15, 0.2) is 84.9 Å². The SMILES string of the molecule is NC(=O)[C@@H](c1ccccc1)N(Cc1cccc(Cl)c1)C(=O)C1(c2ccccc2)CC1. The van der Waals surface area contributed by atoms with E-state index in [0.717, 1.165) is 24.0 Å². The van der Waals surface area contributed by atoms with Crippen molar-refractivity contribution < 1.29 is 9.59 Å². The number of carbonyl (C=O) groups excluding carboxylic acids is 2. The summed E-state index contributed by atoms with van der Waals surface area (Å²) < 4.78 is 0. The molecule has 2 amide bonds. The molecule has 0 spiro atoms. The van der Waals surface area contributed by atoms with Crippen molar-refractivity contribution in [3.05, 3.63) is 107 Å². The lowest BCUT2D eigenvalue weighted by molar-refractivity contribution is -0.142. The Morgan fingerprint density at radius 3 is 2.13 bits per heavy atom. The largest absolute Gasteiger partial charge is 0.368 e. The molecule has 3 aromatic rings. The lowest BCUT2D eigenvalue weighted by atomic mass is 9.92. The fraction of sp³-hybridized carbons (Fsp3) is 0.200. The highest BCUT2D eigenvalue weighted by molar-refractivity contribution is 6.30. The molecule has 0 aliphatic heterocycles. The van der Waals surface area contributed by atoms with E-state index in [1.165, 1.54) is 0 Å². The van der Waals surface area contributed by atoms with Gasteiger partial charge in [-0.1, -0.05) is 84.4 Å². The van der Waals surface area contributed by atoms with Crippen LogP contribution in [0.5, 0.6) is 0 Å². The molecule has 1 fully saturated rings. The van der Waals surface area contributed by atoms with E-state index < -0.39 is 17.4 Å². The molecule has 4 nitrogen and oxygen atoms in total. The minimum absolute atomic E-state index is 0.0821. The number of nitrogens with zero attached hydrogens (tertiary/aromatic N) is 1. The molecule has 0 radical (unpaired) electrons. The maximum Gasteiger partial charge on any atom is 0.244 e. The summed E-state index contributed by atoms with van der Waals surface area (Å²) in [4.78, 5) is 28.1.